The van der Waals surface area contributed by atoms with Crippen molar-refractivity contribution in [1.29, 1.82) is 0 Å². The van der Waals surface area contributed by atoms with Crippen molar-refractivity contribution in [3.05, 3.63) is 0 Å². The van der Waals surface area contributed by atoms with Crippen LogP contribution in [-0.4, -0.2) is 57.3 Å². The van der Waals surface area contributed by atoms with Crippen LogP contribution in [0, 0.1) is 0 Å². The first-order valence-electron chi connectivity index (χ1n) is 5.22. The second-order valence-corrected chi connectivity index (χ2v) is 3.90. The molecule has 1 fully saturated rings. The highest BCUT2D eigenvalue weighted by atomic mass is 19.3. The Labute approximate surface area is 112 Å². The first-order valence-corrected chi connectivity index (χ1v) is 5.22. The van der Waals surface area contributed by atoms with Crippen molar-refractivity contribution in [3.8, 4) is 0 Å². The van der Waals surface area contributed by atoms with Crippen LogP contribution in [0.5, 0.6) is 0 Å². The first-order chi connectivity index (χ1) is 9.33. The maximum atomic E-state index is 13.7. The number of halogens is 8. The molecule has 0 radical (unpaired) electrons. The van der Waals surface area contributed by atoms with E-state index < -0.39 is 43.1 Å². The molecule has 0 atom stereocenters. The standard InChI is InChI=1S/C9H10F8O4/c1-18-8(14,15)5(10,11)7(20-3-4-21-7)6(12,13)9(16,17)19-2/h3-4H2,1-2H3. The third kappa shape index (κ3) is 2.28. The number of alkyl halides is 8. The molecule has 126 valence electrons. The van der Waals surface area contributed by atoms with Gasteiger partial charge in [-0.25, -0.2) is 0 Å². The molecule has 0 spiro atoms. The quantitative estimate of drug-likeness (QED) is 0.700. The third-order valence-corrected chi connectivity index (χ3v) is 2.76. The highest BCUT2D eigenvalue weighted by molar-refractivity contribution is 5.07. The van der Waals surface area contributed by atoms with Crippen molar-refractivity contribution in [1.82, 2.24) is 0 Å². The van der Waals surface area contributed by atoms with Gasteiger partial charge in [0.15, 0.2) is 0 Å². The maximum Gasteiger partial charge on any atom is 0.425 e. The van der Waals surface area contributed by atoms with Gasteiger partial charge in [-0.1, -0.05) is 0 Å². The summed E-state index contributed by atoms with van der Waals surface area (Å²) in [6.45, 7) is -2.07. The minimum absolute atomic E-state index is 0.0726. The number of hydrogen-bond donors (Lipinski definition) is 0. The van der Waals surface area contributed by atoms with E-state index in [1.54, 1.807) is 0 Å². The summed E-state index contributed by atoms with van der Waals surface area (Å²) >= 11 is 0. The molecule has 0 aromatic rings. The molecule has 0 bridgehead atoms. The molecule has 1 heterocycles. The molecule has 1 aliphatic rings. The van der Waals surface area contributed by atoms with Crippen molar-refractivity contribution >= 4 is 0 Å². The molecule has 12 heteroatoms. The fourth-order valence-corrected chi connectivity index (χ4v) is 1.61. The average molecular weight is 334 g/mol. The molecular formula is C9H10F8O4. The first kappa shape index (κ1) is 18.3. The van der Waals surface area contributed by atoms with Crippen LogP contribution in [0.2, 0.25) is 0 Å². The van der Waals surface area contributed by atoms with Crippen LogP contribution in [0.15, 0.2) is 0 Å². The lowest BCUT2D eigenvalue weighted by molar-refractivity contribution is -0.496. The van der Waals surface area contributed by atoms with Gasteiger partial charge in [0.2, 0.25) is 0 Å². The molecule has 0 N–H and O–H groups in total. The van der Waals surface area contributed by atoms with Gasteiger partial charge in [0.25, 0.3) is 0 Å². The van der Waals surface area contributed by atoms with Gasteiger partial charge in [-0.15, -0.1) is 0 Å². The van der Waals surface area contributed by atoms with E-state index in [9.17, 15) is 35.1 Å². The smallest absolute Gasteiger partial charge is 0.337 e. The van der Waals surface area contributed by atoms with E-state index in [0.29, 0.717) is 0 Å². The van der Waals surface area contributed by atoms with E-state index in [-0.39, 0.29) is 14.2 Å². The summed E-state index contributed by atoms with van der Waals surface area (Å²) in [6.07, 6.45) is -11.1. The van der Waals surface area contributed by atoms with E-state index in [1.165, 1.54) is 0 Å². The topological polar surface area (TPSA) is 36.9 Å². The van der Waals surface area contributed by atoms with E-state index in [4.69, 9.17) is 0 Å². The fourth-order valence-electron chi connectivity index (χ4n) is 1.61. The van der Waals surface area contributed by atoms with Gasteiger partial charge in [-0.2, -0.15) is 35.1 Å². The van der Waals surface area contributed by atoms with Gasteiger partial charge >= 0.3 is 29.8 Å². The van der Waals surface area contributed by atoms with E-state index in [2.05, 4.69) is 18.9 Å². The molecule has 0 aromatic carbocycles. The monoisotopic (exact) mass is 334 g/mol. The van der Waals surface area contributed by atoms with E-state index >= 15 is 0 Å². The summed E-state index contributed by atoms with van der Waals surface area (Å²) in [7, 11) is 0.145. The fraction of sp³-hybridized carbons (Fsp3) is 1.00. The Hall–Kier alpha value is -0.720. The van der Waals surface area contributed by atoms with Gasteiger partial charge in [-0.05, 0) is 0 Å². The molecule has 0 aliphatic carbocycles. The number of ether oxygens (including phenoxy) is 4. The van der Waals surface area contributed by atoms with Crippen molar-refractivity contribution in [2.45, 2.75) is 29.8 Å². The lowest BCUT2D eigenvalue weighted by Crippen LogP contribution is -2.72. The molecule has 1 rings (SSSR count). The third-order valence-electron chi connectivity index (χ3n) is 2.76. The van der Waals surface area contributed by atoms with E-state index in [0.717, 1.165) is 0 Å². The summed E-state index contributed by atoms with van der Waals surface area (Å²) < 4.78 is 121. The Bertz CT molecular complexity index is 350. The predicted molar refractivity (Wildman–Crippen MR) is 48.4 cm³/mol. The zero-order chi connectivity index (χ0) is 16.7. The van der Waals surface area contributed by atoms with E-state index in [1.807, 2.05) is 0 Å². The molecule has 0 amide bonds. The van der Waals surface area contributed by atoms with Crippen molar-refractivity contribution in [2.75, 3.05) is 27.4 Å². The Kier molecular flexibility index (Phi) is 4.52. The zero-order valence-corrected chi connectivity index (χ0v) is 10.6. The molecule has 1 aliphatic heterocycles. The van der Waals surface area contributed by atoms with Crippen LogP contribution in [0.4, 0.5) is 35.1 Å². The maximum absolute atomic E-state index is 13.7. The molecule has 0 saturated carbocycles. The average Bonchev–Trinajstić information content (AvgIpc) is 2.89. The van der Waals surface area contributed by atoms with Crippen molar-refractivity contribution in [2.24, 2.45) is 0 Å². The largest absolute Gasteiger partial charge is 0.425 e. The van der Waals surface area contributed by atoms with Crippen LogP contribution in [-0.2, 0) is 18.9 Å². The molecule has 21 heavy (non-hydrogen) atoms. The van der Waals surface area contributed by atoms with Crippen LogP contribution >= 0.6 is 0 Å². The molecule has 0 aromatic heterocycles. The van der Waals surface area contributed by atoms with Gasteiger partial charge in [-0.3, -0.25) is 0 Å². The van der Waals surface area contributed by atoms with Crippen molar-refractivity contribution in [3.63, 3.8) is 0 Å². The Morgan fingerprint density at radius 2 is 1.00 bits per heavy atom. The van der Waals surface area contributed by atoms with Gasteiger partial charge in [0.1, 0.15) is 0 Å². The van der Waals surface area contributed by atoms with Crippen LogP contribution < -0.4 is 0 Å². The summed E-state index contributed by atoms with van der Waals surface area (Å²) in [5.41, 5.74) is 0. The normalized spacial score (nSPS) is 20.9. The Balaban J connectivity index is 3.47. The zero-order valence-electron chi connectivity index (χ0n) is 10.6. The summed E-state index contributed by atoms with van der Waals surface area (Å²) in [6, 6.07) is 0. The number of hydrogen-bond acceptors (Lipinski definition) is 4. The number of rotatable bonds is 6. The van der Waals surface area contributed by atoms with Gasteiger partial charge < -0.3 is 18.9 Å². The second-order valence-electron chi connectivity index (χ2n) is 3.90. The predicted octanol–water partition coefficient (Wildman–Crippen LogP) is 2.48. The molecule has 0 unspecified atom stereocenters. The second kappa shape index (κ2) is 5.18. The molecular weight excluding hydrogens is 324 g/mol. The summed E-state index contributed by atoms with van der Waals surface area (Å²) in [5, 5.41) is 0. The van der Waals surface area contributed by atoms with Crippen LogP contribution in [0.25, 0.3) is 0 Å². The highest BCUT2D eigenvalue weighted by Crippen LogP contribution is 2.57. The Morgan fingerprint density at radius 1 is 0.714 bits per heavy atom. The molecule has 1 saturated heterocycles. The highest BCUT2D eigenvalue weighted by Gasteiger charge is 2.88. The van der Waals surface area contributed by atoms with Gasteiger partial charge in [0, 0.05) is 14.2 Å². The van der Waals surface area contributed by atoms with Crippen molar-refractivity contribution < 1.29 is 54.1 Å². The Morgan fingerprint density at radius 3 is 1.24 bits per heavy atom. The molecule has 4 nitrogen and oxygen atoms in total. The van der Waals surface area contributed by atoms with Crippen LogP contribution in [0.3, 0.4) is 0 Å². The SMILES string of the molecule is COC(F)(F)C(F)(F)C1(C(F)(F)C(F)(F)OC)OCCO1. The lowest BCUT2D eigenvalue weighted by atomic mass is 9.98. The summed E-state index contributed by atoms with van der Waals surface area (Å²) in [5.74, 6) is -16.9. The van der Waals surface area contributed by atoms with Crippen LogP contribution in [0.1, 0.15) is 0 Å². The lowest BCUT2D eigenvalue weighted by Gasteiger charge is -2.43. The minimum Gasteiger partial charge on any atom is -0.337 e. The summed E-state index contributed by atoms with van der Waals surface area (Å²) in [4.78, 5) is 0. The number of methoxy groups -OCH3 is 2. The minimum atomic E-state index is -5.95. The van der Waals surface area contributed by atoms with Gasteiger partial charge in [0.05, 0.1) is 13.2 Å².